The van der Waals surface area contributed by atoms with Crippen molar-refractivity contribution in [2.75, 3.05) is 7.11 Å². The average Bonchev–Trinajstić information content (AvgIpc) is 2.88. The van der Waals surface area contributed by atoms with Gasteiger partial charge in [0.1, 0.15) is 5.60 Å². The highest BCUT2D eigenvalue weighted by Crippen LogP contribution is 2.71. The summed E-state index contributed by atoms with van der Waals surface area (Å²) in [5, 5.41) is 0. The monoisotopic (exact) mass is 358 g/mol. The lowest BCUT2D eigenvalue weighted by Gasteiger charge is -2.55. The van der Waals surface area contributed by atoms with Gasteiger partial charge in [0.2, 0.25) is 6.29 Å². The van der Waals surface area contributed by atoms with Crippen LogP contribution in [-0.4, -0.2) is 30.9 Å². The Labute approximate surface area is 151 Å². The van der Waals surface area contributed by atoms with Gasteiger partial charge < -0.3 is 18.9 Å². The van der Waals surface area contributed by atoms with Crippen molar-refractivity contribution in [1.82, 2.24) is 0 Å². The Balaban J connectivity index is 1.82. The zero-order chi connectivity index (χ0) is 18.5. The fourth-order valence-corrected chi connectivity index (χ4v) is 6.08. The fraction of sp³-hybridized carbons (Fsp3) is 0.600. The summed E-state index contributed by atoms with van der Waals surface area (Å²) < 4.78 is 22.9. The first-order valence-electron chi connectivity index (χ1n) is 9.03. The van der Waals surface area contributed by atoms with E-state index in [9.17, 15) is 9.59 Å². The van der Waals surface area contributed by atoms with Crippen molar-refractivity contribution in [3.05, 3.63) is 36.3 Å². The smallest absolute Gasteiger partial charge is 0.320 e. The molecule has 1 unspecified atom stereocenters. The van der Waals surface area contributed by atoms with Crippen molar-refractivity contribution in [1.29, 1.82) is 0 Å². The summed E-state index contributed by atoms with van der Waals surface area (Å²) in [4.78, 5) is 25.6. The molecule has 5 rings (SSSR count). The molecule has 6 heteroatoms. The summed E-state index contributed by atoms with van der Waals surface area (Å²) in [6.07, 6.45) is 6.36. The number of methoxy groups -OCH3 is 1. The highest BCUT2D eigenvalue weighted by atomic mass is 16.7. The predicted molar refractivity (Wildman–Crippen MR) is 89.1 cm³/mol. The van der Waals surface area contributed by atoms with Gasteiger partial charge in [0.15, 0.2) is 0 Å². The van der Waals surface area contributed by atoms with Crippen LogP contribution in [0.15, 0.2) is 36.3 Å². The third-order valence-corrected chi connectivity index (χ3v) is 7.46. The first kappa shape index (κ1) is 16.1. The van der Waals surface area contributed by atoms with Gasteiger partial charge in [0.05, 0.1) is 24.4 Å². The second-order valence-corrected chi connectivity index (χ2v) is 8.47. The lowest BCUT2D eigenvalue weighted by atomic mass is 9.47. The third kappa shape index (κ3) is 1.50. The van der Waals surface area contributed by atoms with Gasteiger partial charge in [-0.05, 0) is 18.4 Å². The summed E-state index contributed by atoms with van der Waals surface area (Å²) in [7, 11) is 1.46. The van der Waals surface area contributed by atoms with Gasteiger partial charge in [0, 0.05) is 17.4 Å². The second kappa shape index (κ2) is 4.60. The van der Waals surface area contributed by atoms with E-state index in [1.807, 2.05) is 26.0 Å². The van der Waals surface area contributed by atoms with Crippen LogP contribution in [0.4, 0.5) is 0 Å². The van der Waals surface area contributed by atoms with Crippen LogP contribution in [-0.2, 0) is 28.5 Å². The SMILES string of the molecule is C=CC1(C)CC[C@@H]2[C@]34O[C@H]5OC(=O)[C@@H](C=C3C=C(OC)OC(=O)[C@@H]14)[C@]52C. The number of carbonyl (C=O) groups excluding carboxylic acids is 2. The third-order valence-electron chi connectivity index (χ3n) is 7.46. The maximum atomic E-state index is 13.2. The van der Waals surface area contributed by atoms with Crippen LogP contribution < -0.4 is 0 Å². The number of cyclic esters (lactones) is 1. The summed E-state index contributed by atoms with van der Waals surface area (Å²) in [5.74, 6) is -1.52. The van der Waals surface area contributed by atoms with Crippen LogP contribution in [0.2, 0.25) is 0 Å². The fourth-order valence-electron chi connectivity index (χ4n) is 6.08. The van der Waals surface area contributed by atoms with E-state index in [1.165, 1.54) is 7.11 Å². The Hall–Kier alpha value is -2.08. The van der Waals surface area contributed by atoms with Gasteiger partial charge in [-0.25, -0.2) is 0 Å². The molecular weight excluding hydrogens is 336 g/mol. The number of esters is 2. The molecular formula is C20H22O6. The maximum Gasteiger partial charge on any atom is 0.320 e. The maximum absolute atomic E-state index is 13.2. The Bertz CT molecular complexity index is 811. The molecule has 2 aliphatic carbocycles. The highest BCUT2D eigenvalue weighted by molar-refractivity contribution is 5.83. The van der Waals surface area contributed by atoms with Crippen LogP contribution in [0.25, 0.3) is 0 Å². The Morgan fingerprint density at radius 1 is 1.31 bits per heavy atom. The molecule has 2 bridgehead atoms. The standard InChI is InChI=1S/C20H22O6/c1-5-18(2)7-6-12-19(3)11-8-10-9-13(23-4)24-16(22)14(18)20(10,12)26-17(19)25-15(11)21/h5,8-9,11-12,14,17H,1,6-7H2,2-4H3/t11-,12+,14+,17-,18?,19+,20-/m1/s1. The Kier molecular flexibility index (Phi) is 2.85. The molecule has 0 amide bonds. The number of allylic oxidation sites excluding steroid dienone is 1. The van der Waals surface area contributed by atoms with E-state index < -0.39 is 28.6 Å². The minimum atomic E-state index is -0.894. The molecule has 1 spiro atoms. The first-order valence-corrected chi connectivity index (χ1v) is 9.03. The van der Waals surface area contributed by atoms with E-state index >= 15 is 0 Å². The number of carbonyl (C=O) groups is 2. The van der Waals surface area contributed by atoms with Crippen LogP contribution in [0.1, 0.15) is 26.7 Å². The van der Waals surface area contributed by atoms with E-state index in [1.54, 1.807) is 6.08 Å². The van der Waals surface area contributed by atoms with Crippen molar-refractivity contribution >= 4 is 11.9 Å². The topological polar surface area (TPSA) is 71.1 Å². The quantitative estimate of drug-likeness (QED) is 0.558. The van der Waals surface area contributed by atoms with Gasteiger partial charge in [-0.2, -0.15) is 0 Å². The molecule has 3 fully saturated rings. The largest absolute Gasteiger partial charge is 0.468 e. The summed E-state index contributed by atoms with van der Waals surface area (Å²) in [5.41, 5.74) is -1.08. The molecule has 0 aromatic rings. The van der Waals surface area contributed by atoms with Crippen molar-refractivity contribution in [2.45, 2.75) is 38.6 Å². The molecule has 3 heterocycles. The zero-order valence-electron chi connectivity index (χ0n) is 15.1. The summed E-state index contributed by atoms with van der Waals surface area (Å²) >= 11 is 0. The number of rotatable bonds is 2. The van der Waals surface area contributed by atoms with Gasteiger partial charge in [-0.3, -0.25) is 9.59 Å². The summed E-state index contributed by atoms with van der Waals surface area (Å²) in [6.45, 7) is 8.05. The van der Waals surface area contributed by atoms with Crippen molar-refractivity contribution in [3.63, 3.8) is 0 Å². The first-order chi connectivity index (χ1) is 12.3. The Morgan fingerprint density at radius 2 is 2.08 bits per heavy atom. The molecule has 5 aliphatic rings. The van der Waals surface area contributed by atoms with Crippen LogP contribution in [0, 0.1) is 28.6 Å². The van der Waals surface area contributed by atoms with Crippen LogP contribution >= 0.6 is 0 Å². The summed E-state index contributed by atoms with van der Waals surface area (Å²) in [6, 6.07) is 0. The van der Waals surface area contributed by atoms with E-state index in [-0.39, 0.29) is 29.7 Å². The molecule has 7 atom stereocenters. The van der Waals surface area contributed by atoms with Crippen molar-refractivity contribution < 1.29 is 28.5 Å². The normalized spacial score (nSPS) is 50.7. The second-order valence-electron chi connectivity index (χ2n) is 8.47. The molecule has 138 valence electrons. The van der Waals surface area contributed by atoms with Crippen LogP contribution in [0.5, 0.6) is 0 Å². The molecule has 0 N–H and O–H groups in total. The van der Waals surface area contributed by atoms with Gasteiger partial charge in [0.25, 0.3) is 5.95 Å². The molecule has 0 aromatic carbocycles. The lowest BCUT2D eigenvalue weighted by molar-refractivity contribution is -0.203. The minimum Gasteiger partial charge on any atom is -0.468 e. The van der Waals surface area contributed by atoms with Crippen LogP contribution in [0.3, 0.4) is 0 Å². The minimum absolute atomic E-state index is 0.0190. The molecule has 0 radical (unpaired) electrons. The lowest BCUT2D eigenvalue weighted by Crippen LogP contribution is -2.61. The molecule has 6 nitrogen and oxygen atoms in total. The molecule has 3 aliphatic heterocycles. The van der Waals surface area contributed by atoms with Crippen molar-refractivity contribution in [2.24, 2.45) is 28.6 Å². The number of ether oxygens (including phenoxy) is 4. The molecule has 2 saturated heterocycles. The predicted octanol–water partition coefficient (Wildman–Crippen LogP) is 2.46. The van der Waals surface area contributed by atoms with E-state index in [0.29, 0.717) is 0 Å². The van der Waals surface area contributed by atoms with Gasteiger partial charge in [-0.15, -0.1) is 6.58 Å². The molecule has 1 saturated carbocycles. The molecule has 26 heavy (non-hydrogen) atoms. The van der Waals surface area contributed by atoms with E-state index in [0.717, 1.165) is 18.4 Å². The van der Waals surface area contributed by atoms with E-state index in [4.69, 9.17) is 18.9 Å². The Morgan fingerprint density at radius 3 is 2.77 bits per heavy atom. The van der Waals surface area contributed by atoms with Crippen molar-refractivity contribution in [3.8, 4) is 0 Å². The van der Waals surface area contributed by atoms with Gasteiger partial charge >= 0.3 is 11.9 Å². The molecule has 0 aromatic heterocycles. The highest BCUT2D eigenvalue weighted by Gasteiger charge is 2.79. The number of hydrogen-bond donors (Lipinski definition) is 0. The van der Waals surface area contributed by atoms with Gasteiger partial charge in [-0.1, -0.05) is 26.0 Å². The van der Waals surface area contributed by atoms with E-state index in [2.05, 4.69) is 6.58 Å². The number of hydrogen-bond acceptors (Lipinski definition) is 6. The average molecular weight is 358 g/mol. The zero-order valence-corrected chi connectivity index (χ0v) is 15.1.